The third-order valence-corrected chi connectivity index (χ3v) is 3.59. The van der Waals surface area contributed by atoms with Crippen molar-refractivity contribution in [2.24, 2.45) is 0 Å². The van der Waals surface area contributed by atoms with E-state index in [1.54, 1.807) is 48.7 Å². The van der Waals surface area contributed by atoms with E-state index in [0.29, 0.717) is 16.3 Å². The molecule has 0 N–H and O–H groups in total. The van der Waals surface area contributed by atoms with Crippen molar-refractivity contribution in [2.45, 2.75) is 13.8 Å². The number of hydrogen-bond donors (Lipinski definition) is 0. The lowest BCUT2D eigenvalue weighted by molar-refractivity contribution is -0.132. The summed E-state index contributed by atoms with van der Waals surface area (Å²) in [6.07, 6.45) is 1.64. The minimum atomic E-state index is -0.503. The summed E-state index contributed by atoms with van der Waals surface area (Å²) < 4.78 is 12.0. The van der Waals surface area contributed by atoms with E-state index in [-0.39, 0.29) is 11.5 Å². The average molecular weight is 372 g/mol. The number of nitrogens with zero attached hydrogens (tertiary/aromatic N) is 3. The van der Waals surface area contributed by atoms with Gasteiger partial charge in [0.2, 0.25) is 0 Å². The normalized spacial score (nSPS) is 10.4. The number of benzene rings is 2. The Balaban J connectivity index is 2.08. The van der Waals surface area contributed by atoms with Gasteiger partial charge in [-0.25, -0.2) is 4.68 Å². The van der Waals surface area contributed by atoms with E-state index in [4.69, 9.17) is 21.1 Å². The number of hydrogen-bond acceptors (Lipinski definition) is 6. The molecule has 0 saturated carbocycles. The van der Waals surface area contributed by atoms with Crippen molar-refractivity contribution < 1.29 is 19.1 Å². The van der Waals surface area contributed by atoms with Crippen LogP contribution in [0, 0.1) is 0 Å². The van der Waals surface area contributed by atoms with Crippen LogP contribution in [0.25, 0.3) is 16.9 Å². The summed E-state index contributed by atoms with van der Waals surface area (Å²) in [6, 6.07) is 11.8. The minimum absolute atomic E-state index is 0.222. The summed E-state index contributed by atoms with van der Waals surface area (Å²) in [4.78, 5) is 22.8. The second-order valence-electron chi connectivity index (χ2n) is 5.34. The van der Waals surface area contributed by atoms with E-state index < -0.39 is 11.9 Å². The quantitative estimate of drug-likeness (QED) is 0.516. The summed E-state index contributed by atoms with van der Waals surface area (Å²) >= 11 is 5.90. The van der Waals surface area contributed by atoms with Crippen LogP contribution in [0.15, 0.2) is 48.7 Å². The standard InChI is InChI=1S/C18H14ClN3O4/c1-11(23)25-16-4-3-5-17(26-12(2)24)18(16)15-10-22(21-20-15)14-8-6-13(19)7-9-14/h3-10H,1-2H3. The fourth-order valence-corrected chi connectivity index (χ4v) is 2.47. The smallest absolute Gasteiger partial charge is 0.308 e. The number of carbonyl (C=O) groups is 2. The highest BCUT2D eigenvalue weighted by Gasteiger charge is 2.19. The van der Waals surface area contributed by atoms with Crippen molar-refractivity contribution in [2.75, 3.05) is 0 Å². The van der Waals surface area contributed by atoms with Crippen LogP contribution in [0.4, 0.5) is 0 Å². The zero-order valence-corrected chi connectivity index (χ0v) is 14.7. The molecule has 0 unspecified atom stereocenters. The van der Waals surface area contributed by atoms with E-state index in [0.717, 1.165) is 5.69 Å². The zero-order valence-electron chi connectivity index (χ0n) is 14.0. The first-order valence-electron chi connectivity index (χ1n) is 7.62. The SMILES string of the molecule is CC(=O)Oc1cccc(OC(C)=O)c1-c1cn(-c2ccc(Cl)cc2)nn1. The molecule has 0 fully saturated rings. The fourth-order valence-electron chi connectivity index (χ4n) is 2.34. The third-order valence-electron chi connectivity index (χ3n) is 3.34. The number of carbonyl (C=O) groups excluding carboxylic acids is 2. The summed E-state index contributed by atoms with van der Waals surface area (Å²) in [5.74, 6) is -0.563. The molecule has 1 heterocycles. The molecular weight excluding hydrogens is 358 g/mol. The molecule has 132 valence electrons. The lowest BCUT2D eigenvalue weighted by atomic mass is 10.1. The van der Waals surface area contributed by atoms with Gasteiger partial charge < -0.3 is 9.47 Å². The number of halogens is 1. The monoisotopic (exact) mass is 371 g/mol. The molecule has 0 aliphatic heterocycles. The van der Waals surface area contributed by atoms with Gasteiger partial charge in [0, 0.05) is 18.9 Å². The molecule has 0 aliphatic rings. The van der Waals surface area contributed by atoms with Crippen molar-refractivity contribution in [1.29, 1.82) is 0 Å². The van der Waals surface area contributed by atoms with Crippen LogP contribution in [0.1, 0.15) is 13.8 Å². The average Bonchev–Trinajstić information content (AvgIpc) is 3.04. The number of ether oxygens (including phenoxy) is 2. The first-order valence-corrected chi connectivity index (χ1v) is 8.00. The molecule has 0 aliphatic carbocycles. The molecule has 0 amide bonds. The summed E-state index contributed by atoms with van der Waals surface area (Å²) in [5.41, 5.74) is 1.48. The van der Waals surface area contributed by atoms with Gasteiger partial charge in [0.15, 0.2) is 0 Å². The Kier molecular flexibility index (Phi) is 4.99. The first-order chi connectivity index (χ1) is 12.4. The summed E-state index contributed by atoms with van der Waals surface area (Å²) in [7, 11) is 0. The molecule has 0 saturated heterocycles. The highest BCUT2D eigenvalue weighted by molar-refractivity contribution is 6.30. The minimum Gasteiger partial charge on any atom is -0.426 e. The summed E-state index contributed by atoms with van der Waals surface area (Å²) in [5, 5.41) is 8.80. The van der Waals surface area contributed by atoms with E-state index in [1.807, 2.05) is 0 Å². The van der Waals surface area contributed by atoms with E-state index >= 15 is 0 Å². The second-order valence-corrected chi connectivity index (χ2v) is 5.78. The van der Waals surface area contributed by atoms with Crippen molar-refractivity contribution in [3.05, 3.63) is 53.7 Å². The van der Waals surface area contributed by atoms with Gasteiger partial charge in [-0.3, -0.25) is 9.59 Å². The van der Waals surface area contributed by atoms with Crippen molar-refractivity contribution in [3.63, 3.8) is 0 Å². The Bertz CT molecular complexity index is 933. The molecule has 8 heteroatoms. The van der Waals surface area contributed by atoms with Crippen LogP contribution in [0.2, 0.25) is 5.02 Å². The van der Waals surface area contributed by atoms with Crippen LogP contribution < -0.4 is 9.47 Å². The molecule has 1 aromatic heterocycles. The number of esters is 2. The molecule has 0 spiro atoms. The van der Waals surface area contributed by atoms with Crippen LogP contribution in [0.3, 0.4) is 0 Å². The molecule has 3 aromatic rings. The predicted octanol–water partition coefficient (Wildman–Crippen LogP) is 3.44. The van der Waals surface area contributed by atoms with Gasteiger partial charge in [-0.1, -0.05) is 22.9 Å². The Hall–Kier alpha value is -3.19. The molecule has 2 aromatic carbocycles. The first kappa shape index (κ1) is 17.6. The Morgan fingerprint density at radius 2 is 1.54 bits per heavy atom. The molecule has 0 bridgehead atoms. The van der Waals surface area contributed by atoms with Gasteiger partial charge in [0.25, 0.3) is 0 Å². The van der Waals surface area contributed by atoms with E-state index in [9.17, 15) is 9.59 Å². The van der Waals surface area contributed by atoms with Crippen molar-refractivity contribution in [3.8, 4) is 28.4 Å². The topological polar surface area (TPSA) is 83.3 Å². The Morgan fingerprint density at radius 3 is 2.08 bits per heavy atom. The lowest BCUT2D eigenvalue weighted by Crippen LogP contribution is -2.06. The maximum Gasteiger partial charge on any atom is 0.308 e. The third kappa shape index (κ3) is 3.89. The van der Waals surface area contributed by atoms with Gasteiger partial charge in [0.05, 0.1) is 17.4 Å². The zero-order chi connectivity index (χ0) is 18.7. The van der Waals surface area contributed by atoms with Gasteiger partial charge in [-0.2, -0.15) is 0 Å². The van der Waals surface area contributed by atoms with Crippen LogP contribution in [-0.2, 0) is 9.59 Å². The second kappa shape index (κ2) is 7.37. The predicted molar refractivity (Wildman–Crippen MR) is 94.4 cm³/mol. The largest absolute Gasteiger partial charge is 0.426 e. The lowest BCUT2D eigenvalue weighted by Gasteiger charge is -2.11. The highest BCUT2D eigenvalue weighted by Crippen LogP contribution is 2.37. The molecule has 0 radical (unpaired) electrons. The molecule has 26 heavy (non-hydrogen) atoms. The highest BCUT2D eigenvalue weighted by atomic mass is 35.5. The van der Waals surface area contributed by atoms with Gasteiger partial charge in [-0.15, -0.1) is 5.10 Å². The summed E-state index contributed by atoms with van der Waals surface area (Å²) in [6.45, 7) is 2.57. The Labute approximate surface area is 154 Å². The molecular formula is C18H14ClN3O4. The van der Waals surface area contributed by atoms with E-state index in [1.165, 1.54) is 18.5 Å². The van der Waals surface area contributed by atoms with Gasteiger partial charge in [0.1, 0.15) is 17.2 Å². The number of aromatic nitrogens is 3. The fraction of sp³-hybridized carbons (Fsp3) is 0.111. The molecule has 7 nitrogen and oxygen atoms in total. The van der Waals surface area contributed by atoms with Crippen molar-refractivity contribution >= 4 is 23.5 Å². The maximum absolute atomic E-state index is 11.4. The number of rotatable bonds is 4. The van der Waals surface area contributed by atoms with Gasteiger partial charge >= 0.3 is 11.9 Å². The van der Waals surface area contributed by atoms with Gasteiger partial charge in [-0.05, 0) is 36.4 Å². The maximum atomic E-state index is 11.4. The van der Waals surface area contributed by atoms with Crippen LogP contribution >= 0.6 is 11.6 Å². The van der Waals surface area contributed by atoms with E-state index in [2.05, 4.69) is 10.3 Å². The molecule has 0 atom stereocenters. The molecule has 3 rings (SSSR count). The van der Waals surface area contributed by atoms with Crippen molar-refractivity contribution in [1.82, 2.24) is 15.0 Å². The Morgan fingerprint density at radius 1 is 0.962 bits per heavy atom. The van der Waals surface area contributed by atoms with Crippen LogP contribution in [-0.4, -0.2) is 26.9 Å². The van der Waals surface area contributed by atoms with Crippen LogP contribution in [0.5, 0.6) is 11.5 Å².